The first kappa shape index (κ1) is 14.8. The summed E-state index contributed by atoms with van der Waals surface area (Å²) in [5.41, 5.74) is 4.17. The highest BCUT2D eigenvalue weighted by Crippen LogP contribution is 2.62. The number of rotatable bonds is 1. The summed E-state index contributed by atoms with van der Waals surface area (Å²) in [5.74, 6) is 1.51. The van der Waals surface area contributed by atoms with Crippen LogP contribution < -0.4 is 4.74 Å². The molecule has 4 heteroatoms. The molecule has 1 saturated carbocycles. The molecular weight excluding hydrogens is 302 g/mol. The van der Waals surface area contributed by atoms with Gasteiger partial charge in [0, 0.05) is 23.9 Å². The van der Waals surface area contributed by atoms with E-state index in [1.54, 1.807) is 0 Å². The average Bonchev–Trinajstić information content (AvgIpc) is 2.89. The Balaban J connectivity index is 1.71. The molecule has 1 saturated heterocycles. The zero-order chi connectivity index (χ0) is 16.6. The minimum Gasteiger partial charge on any atom is -0.485 e. The van der Waals surface area contributed by atoms with Gasteiger partial charge in [0.2, 0.25) is 0 Å². The molecule has 0 radical (unpaired) electrons. The fourth-order valence-corrected chi connectivity index (χ4v) is 6.17. The second kappa shape index (κ2) is 4.75. The normalized spacial score (nSPS) is 39.1. The van der Waals surface area contributed by atoms with Gasteiger partial charge in [0.25, 0.3) is 0 Å². The van der Waals surface area contributed by atoms with Crippen molar-refractivity contribution in [2.24, 2.45) is 5.92 Å². The minimum absolute atomic E-state index is 0.00787. The summed E-state index contributed by atoms with van der Waals surface area (Å²) in [6, 6.07) is 5.09. The summed E-state index contributed by atoms with van der Waals surface area (Å²) in [7, 11) is 2.26. The van der Waals surface area contributed by atoms with Crippen LogP contribution in [0.3, 0.4) is 0 Å². The number of hydrogen-bond donors (Lipinski definition) is 0. The van der Waals surface area contributed by atoms with Crippen molar-refractivity contribution in [1.82, 2.24) is 4.90 Å². The monoisotopic (exact) mass is 327 g/mol. The van der Waals surface area contributed by atoms with Gasteiger partial charge < -0.3 is 14.4 Å². The van der Waals surface area contributed by atoms with E-state index in [4.69, 9.17) is 9.47 Å². The number of hydrogen-bond acceptors (Lipinski definition) is 4. The predicted molar refractivity (Wildman–Crippen MR) is 90.3 cm³/mol. The number of likely N-dealkylation sites (N-methyl/N-ethyl adjacent to an activating group) is 1. The number of carbonyl (C=O) groups is 1. The van der Waals surface area contributed by atoms with Gasteiger partial charge >= 0.3 is 5.97 Å². The SMILES string of the molecule is CC(=O)OC1CC[C@@H]2[C@@H]3Cc4ccc(C)c5c4[C@]2(CCN3C)[C@@H]1O5. The molecule has 4 nitrogen and oxygen atoms in total. The van der Waals surface area contributed by atoms with Crippen LogP contribution in [0.4, 0.5) is 0 Å². The number of esters is 1. The lowest BCUT2D eigenvalue weighted by molar-refractivity contribution is -0.163. The quantitative estimate of drug-likeness (QED) is 0.743. The average molecular weight is 327 g/mol. The number of piperidine rings is 1. The van der Waals surface area contributed by atoms with Crippen LogP contribution in [0, 0.1) is 12.8 Å². The van der Waals surface area contributed by atoms with Crippen LogP contribution in [0.1, 0.15) is 42.9 Å². The van der Waals surface area contributed by atoms with Crippen molar-refractivity contribution in [2.75, 3.05) is 13.6 Å². The molecule has 2 bridgehead atoms. The molecule has 2 aliphatic heterocycles. The molecular formula is C20H25NO3. The Labute approximate surface area is 143 Å². The van der Waals surface area contributed by atoms with E-state index in [1.807, 2.05) is 0 Å². The zero-order valence-electron chi connectivity index (χ0n) is 14.7. The Kier molecular flexibility index (Phi) is 2.92. The van der Waals surface area contributed by atoms with Gasteiger partial charge in [-0.05, 0) is 63.2 Å². The van der Waals surface area contributed by atoms with Crippen molar-refractivity contribution >= 4 is 5.97 Å². The Hall–Kier alpha value is -1.55. The van der Waals surface area contributed by atoms with Gasteiger partial charge in [0.15, 0.2) is 0 Å². The molecule has 1 aromatic rings. The Morgan fingerprint density at radius 2 is 2.21 bits per heavy atom. The first-order chi connectivity index (χ1) is 11.5. The zero-order valence-corrected chi connectivity index (χ0v) is 14.7. The predicted octanol–water partition coefficient (Wildman–Crippen LogP) is 2.60. The molecule has 5 atom stereocenters. The number of benzene rings is 1. The second-order valence-corrected chi connectivity index (χ2v) is 8.16. The molecule has 1 spiro atoms. The molecule has 128 valence electrons. The Morgan fingerprint density at radius 3 is 3.00 bits per heavy atom. The van der Waals surface area contributed by atoms with Crippen molar-refractivity contribution < 1.29 is 14.3 Å². The van der Waals surface area contributed by atoms with E-state index < -0.39 is 0 Å². The fraction of sp³-hybridized carbons (Fsp3) is 0.650. The van der Waals surface area contributed by atoms with Crippen LogP contribution >= 0.6 is 0 Å². The van der Waals surface area contributed by atoms with Crippen molar-refractivity contribution in [1.29, 1.82) is 0 Å². The van der Waals surface area contributed by atoms with Gasteiger partial charge in [0.1, 0.15) is 18.0 Å². The van der Waals surface area contributed by atoms with Crippen molar-refractivity contribution in [2.45, 2.75) is 63.2 Å². The first-order valence-electron chi connectivity index (χ1n) is 9.19. The van der Waals surface area contributed by atoms with Gasteiger partial charge in [-0.2, -0.15) is 0 Å². The van der Waals surface area contributed by atoms with Crippen LogP contribution in [-0.2, 0) is 21.4 Å². The summed E-state index contributed by atoms with van der Waals surface area (Å²) in [5, 5.41) is 0. The summed E-state index contributed by atoms with van der Waals surface area (Å²) in [4.78, 5) is 14.2. The largest absolute Gasteiger partial charge is 0.485 e. The maximum Gasteiger partial charge on any atom is 0.303 e. The molecule has 0 amide bonds. The van der Waals surface area contributed by atoms with Crippen molar-refractivity contribution in [3.63, 3.8) is 0 Å². The van der Waals surface area contributed by atoms with Crippen LogP contribution in [-0.4, -0.2) is 42.7 Å². The molecule has 2 heterocycles. The van der Waals surface area contributed by atoms with Crippen LogP contribution in [0.15, 0.2) is 12.1 Å². The Morgan fingerprint density at radius 1 is 1.38 bits per heavy atom. The molecule has 5 rings (SSSR count). The van der Waals surface area contributed by atoms with Crippen LogP contribution in [0.5, 0.6) is 5.75 Å². The number of likely N-dealkylation sites (tertiary alicyclic amines) is 1. The molecule has 24 heavy (non-hydrogen) atoms. The summed E-state index contributed by atoms with van der Waals surface area (Å²) < 4.78 is 12.3. The highest BCUT2D eigenvalue weighted by molar-refractivity contribution is 5.66. The highest BCUT2D eigenvalue weighted by Gasteiger charge is 2.65. The number of ether oxygens (including phenoxy) is 2. The third-order valence-electron chi connectivity index (χ3n) is 7.08. The molecule has 2 fully saturated rings. The van der Waals surface area contributed by atoms with Gasteiger partial charge in [0.05, 0.1) is 0 Å². The third-order valence-corrected chi connectivity index (χ3v) is 7.08. The van der Waals surface area contributed by atoms with Crippen LogP contribution in [0.2, 0.25) is 0 Å². The van der Waals surface area contributed by atoms with Crippen LogP contribution in [0.25, 0.3) is 0 Å². The van der Waals surface area contributed by atoms with E-state index in [0.29, 0.717) is 12.0 Å². The van der Waals surface area contributed by atoms with Gasteiger partial charge in [-0.25, -0.2) is 0 Å². The van der Waals surface area contributed by atoms with E-state index in [2.05, 4.69) is 31.0 Å². The minimum atomic E-state index is -0.188. The van der Waals surface area contributed by atoms with E-state index >= 15 is 0 Å². The molecule has 1 aromatic carbocycles. The van der Waals surface area contributed by atoms with Gasteiger partial charge in [-0.15, -0.1) is 0 Å². The van der Waals surface area contributed by atoms with E-state index in [1.165, 1.54) is 23.6 Å². The number of nitrogens with zero attached hydrogens (tertiary/aromatic N) is 1. The Bertz CT molecular complexity index is 730. The lowest BCUT2D eigenvalue weighted by Gasteiger charge is -2.58. The van der Waals surface area contributed by atoms with E-state index in [9.17, 15) is 4.79 Å². The molecule has 0 aromatic heterocycles. The summed E-state index contributed by atoms with van der Waals surface area (Å²) in [6.45, 7) is 4.75. The summed E-state index contributed by atoms with van der Waals surface area (Å²) >= 11 is 0. The van der Waals surface area contributed by atoms with E-state index in [-0.39, 0.29) is 23.6 Å². The molecule has 4 aliphatic rings. The maximum absolute atomic E-state index is 11.6. The number of carbonyl (C=O) groups excluding carboxylic acids is 1. The topological polar surface area (TPSA) is 38.8 Å². The van der Waals surface area contributed by atoms with Gasteiger partial charge in [-0.1, -0.05) is 12.1 Å². The van der Waals surface area contributed by atoms with E-state index in [0.717, 1.165) is 38.0 Å². The van der Waals surface area contributed by atoms with Crippen molar-refractivity contribution in [3.8, 4) is 5.75 Å². The fourth-order valence-electron chi connectivity index (χ4n) is 6.17. The lowest BCUT2D eigenvalue weighted by Crippen LogP contribution is -2.66. The van der Waals surface area contributed by atoms with Gasteiger partial charge in [-0.3, -0.25) is 4.79 Å². The summed E-state index contributed by atoms with van der Waals surface area (Å²) in [6.07, 6.45) is 4.16. The lowest BCUT2D eigenvalue weighted by atomic mass is 9.51. The first-order valence-corrected chi connectivity index (χ1v) is 9.19. The smallest absolute Gasteiger partial charge is 0.303 e. The third kappa shape index (κ3) is 1.65. The second-order valence-electron chi connectivity index (χ2n) is 8.16. The number of aryl methyl sites for hydroxylation is 1. The molecule has 1 unspecified atom stereocenters. The molecule has 2 aliphatic carbocycles. The highest BCUT2D eigenvalue weighted by atomic mass is 16.6. The van der Waals surface area contributed by atoms with Crippen molar-refractivity contribution in [3.05, 3.63) is 28.8 Å². The molecule has 0 N–H and O–H groups in total. The standard InChI is InChI=1S/C20H25NO3/c1-11-4-5-13-10-15-14-6-7-16(23-12(2)22)19-20(14,8-9-21(15)3)17(13)18(11)24-19/h4-5,14-16,19H,6-10H2,1-3H3/t14-,15+,16?,19-,20-/m1/s1. The maximum atomic E-state index is 11.6.